The Hall–Kier alpha value is -1.46. The van der Waals surface area contributed by atoms with Gasteiger partial charge in [-0.15, -0.1) is 0 Å². The molecule has 2 radical (unpaired) electrons. The van der Waals surface area contributed by atoms with Crippen molar-refractivity contribution in [2.24, 2.45) is 4.63 Å². The predicted octanol–water partition coefficient (Wildman–Crippen LogP) is 2.66. The lowest BCUT2D eigenvalue weighted by atomic mass is 9.99. The largest absolute Gasteiger partial charge is 0.300 e. The van der Waals surface area contributed by atoms with Crippen molar-refractivity contribution in [1.82, 2.24) is 0 Å². The second-order valence-electron chi connectivity index (χ2n) is 3.62. The molecule has 0 saturated heterocycles. The molecule has 1 aliphatic rings. The smallest absolute Gasteiger partial charge is 0.163 e. The molecular formula is C13H9NSi2. The van der Waals surface area contributed by atoms with Gasteiger partial charge in [0.25, 0.3) is 0 Å². The summed E-state index contributed by atoms with van der Waals surface area (Å²) < 4.78 is 4.65. The van der Waals surface area contributed by atoms with Crippen molar-refractivity contribution in [3.8, 4) is 11.1 Å². The Labute approximate surface area is 98.9 Å². The SMILES string of the molecule is C1=[Si][Si]=Nc2ccccc2-c2ccccc21. The second kappa shape index (κ2) is 4.19. The van der Waals surface area contributed by atoms with E-state index in [0.29, 0.717) is 8.83 Å². The summed E-state index contributed by atoms with van der Waals surface area (Å²) in [7, 11) is 1.47. The van der Waals surface area contributed by atoms with Gasteiger partial charge >= 0.3 is 0 Å². The van der Waals surface area contributed by atoms with Crippen molar-refractivity contribution < 1.29 is 0 Å². The summed E-state index contributed by atoms with van der Waals surface area (Å²) in [5.74, 6) is 0. The van der Waals surface area contributed by atoms with E-state index in [-0.39, 0.29) is 0 Å². The Morgan fingerprint density at radius 1 is 0.812 bits per heavy atom. The van der Waals surface area contributed by atoms with Crippen LogP contribution < -0.4 is 0 Å². The lowest BCUT2D eigenvalue weighted by Crippen LogP contribution is -1.97. The summed E-state index contributed by atoms with van der Waals surface area (Å²) in [6.45, 7) is 0. The summed E-state index contributed by atoms with van der Waals surface area (Å²) in [6, 6.07) is 17.0. The molecule has 74 valence electrons. The van der Waals surface area contributed by atoms with Crippen LogP contribution in [0.4, 0.5) is 5.69 Å². The molecule has 1 heterocycles. The third-order valence-electron chi connectivity index (χ3n) is 2.62. The van der Waals surface area contributed by atoms with E-state index in [9.17, 15) is 0 Å². The number of hydrogen-bond acceptors (Lipinski definition) is 1. The van der Waals surface area contributed by atoms with Crippen molar-refractivity contribution in [3.63, 3.8) is 0 Å². The maximum Gasteiger partial charge on any atom is 0.163 e. The standard InChI is InChI=1S/C13H9NSi2/c1-2-6-11-10(5-1)9-15-16-14-13-8-4-3-7-12(11)13/h1-9H. The van der Waals surface area contributed by atoms with Crippen LogP contribution >= 0.6 is 0 Å². The Morgan fingerprint density at radius 2 is 1.56 bits per heavy atom. The summed E-state index contributed by atoms with van der Waals surface area (Å²) >= 11 is 0. The Kier molecular flexibility index (Phi) is 2.55. The minimum Gasteiger partial charge on any atom is -0.300 e. The summed E-state index contributed by atoms with van der Waals surface area (Å²) in [5, 5.41) is 0. The fourth-order valence-electron chi connectivity index (χ4n) is 1.87. The molecule has 0 atom stereocenters. The quantitative estimate of drug-likeness (QED) is 0.623. The van der Waals surface area contributed by atoms with Gasteiger partial charge in [-0.2, -0.15) is 0 Å². The van der Waals surface area contributed by atoms with E-state index in [4.69, 9.17) is 0 Å². The van der Waals surface area contributed by atoms with Gasteiger partial charge in [-0.3, -0.25) is 0 Å². The van der Waals surface area contributed by atoms with Gasteiger partial charge in [0.1, 0.15) is 0 Å². The molecule has 0 fully saturated rings. The van der Waals surface area contributed by atoms with Gasteiger partial charge in [-0.1, -0.05) is 48.1 Å². The first-order chi connectivity index (χ1) is 7.95. The average Bonchev–Trinajstić information content (AvgIpc) is 2.33. The highest BCUT2D eigenvalue weighted by Crippen LogP contribution is 2.31. The fraction of sp³-hybridized carbons (Fsp3) is 0. The van der Waals surface area contributed by atoms with Gasteiger partial charge in [0, 0.05) is 5.56 Å². The van der Waals surface area contributed by atoms with E-state index >= 15 is 0 Å². The van der Waals surface area contributed by atoms with E-state index < -0.39 is 0 Å². The van der Waals surface area contributed by atoms with Crippen molar-refractivity contribution >= 4 is 28.8 Å². The summed E-state index contributed by atoms with van der Waals surface area (Å²) in [6.07, 6.45) is 0. The maximum atomic E-state index is 4.65. The van der Waals surface area contributed by atoms with Crippen LogP contribution in [0.5, 0.6) is 0 Å². The molecule has 0 saturated carbocycles. The van der Waals surface area contributed by atoms with Crippen LogP contribution in [0.2, 0.25) is 0 Å². The van der Waals surface area contributed by atoms with Gasteiger partial charge < -0.3 is 4.63 Å². The van der Waals surface area contributed by atoms with Crippen LogP contribution in [0.15, 0.2) is 53.2 Å². The number of nitrogens with zero attached hydrogens (tertiary/aromatic N) is 1. The molecule has 0 unspecified atom stereocenters. The van der Waals surface area contributed by atoms with Gasteiger partial charge in [0.05, 0.1) is 14.3 Å². The molecule has 0 aromatic heterocycles. The van der Waals surface area contributed by atoms with Gasteiger partial charge in [0.15, 0.2) is 8.83 Å². The van der Waals surface area contributed by atoms with Crippen LogP contribution in [0.3, 0.4) is 0 Å². The first-order valence-electron chi connectivity index (χ1n) is 5.18. The van der Waals surface area contributed by atoms with E-state index in [1.807, 2.05) is 0 Å². The fourth-order valence-corrected chi connectivity index (χ4v) is 3.94. The number of benzene rings is 2. The molecule has 0 bridgehead atoms. The third-order valence-corrected chi connectivity index (χ3v) is 4.72. The monoisotopic (exact) mass is 235 g/mol. The topological polar surface area (TPSA) is 12.4 Å². The highest BCUT2D eigenvalue weighted by molar-refractivity contribution is 6.97. The van der Waals surface area contributed by atoms with Crippen LogP contribution in [0, 0.1) is 0 Å². The number of hydrogen-bond donors (Lipinski definition) is 0. The number of rotatable bonds is 0. The lowest BCUT2D eigenvalue weighted by molar-refractivity contribution is 1.53. The molecule has 0 amide bonds. The van der Waals surface area contributed by atoms with Crippen molar-refractivity contribution in [2.75, 3.05) is 0 Å². The first kappa shape index (κ1) is 9.75. The molecule has 2 aromatic carbocycles. The van der Waals surface area contributed by atoms with Crippen molar-refractivity contribution in [1.29, 1.82) is 0 Å². The average molecular weight is 235 g/mol. The zero-order chi connectivity index (χ0) is 10.8. The molecule has 0 N–H and O–H groups in total. The predicted molar refractivity (Wildman–Crippen MR) is 70.6 cm³/mol. The highest BCUT2D eigenvalue weighted by Gasteiger charge is 2.07. The lowest BCUT2D eigenvalue weighted by Gasteiger charge is -2.10. The molecule has 1 aliphatic heterocycles. The Balaban J connectivity index is 2.34. The molecule has 16 heavy (non-hydrogen) atoms. The van der Waals surface area contributed by atoms with Gasteiger partial charge in [-0.25, -0.2) is 0 Å². The molecule has 1 nitrogen and oxygen atoms in total. The molecule has 0 spiro atoms. The normalized spacial score (nSPS) is 12.5. The summed E-state index contributed by atoms with van der Waals surface area (Å²) in [4.78, 5) is 0. The van der Waals surface area contributed by atoms with Gasteiger partial charge in [-0.05, 0) is 17.2 Å². The van der Waals surface area contributed by atoms with Crippen LogP contribution in [-0.4, -0.2) is 23.2 Å². The molecule has 0 aliphatic carbocycles. The van der Waals surface area contributed by atoms with Gasteiger partial charge in [0.2, 0.25) is 0 Å². The van der Waals surface area contributed by atoms with Crippen LogP contribution in [0.25, 0.3) is 11.1 Å². The van der Waals surface area contributed by atoms with E-state index in [2.05, 4.69) is 58.8 Å². The molecule has 2 aromatic rings. The second-order valence-corrected chi connectivity index (χ2v) is 6.18. The minimum absolute atomic E-state index is 0.667. The molecule has 3 heteroatoms. The van der Waals surface area contributed by atoms with E-state index in [1.54, 1.807) is 0 Å². The first-order valence-corrected chi connectivity index (χ1v) is 8.20. The maximum absolute atomic E-state index is 4.65. The highest BCUT2D eigenvalue weighted by atomic mass is 29.1. The van der Waals surface area contributed by atoms with Crippen molar-refractivity contribution in [2.45, 2.75) is 0 Å². The zero-order valence-corrected chi connectivity index (χ0v) is 10.6. The van der Waals surface area contributed by atoms with E-state index in [0.717, 1.165) is 14.3 Å². The summed E-state index contributed by atoms with van der Waals surface area (Å²) in [5.41, 5.74) is 7.35. The van der Waals surface area contributed by atoms with Crippen molar-refractivity contribution in [3.05, 3.63) is 54.1 Å². The molecule has 3 rings (SSSR count). The van der Waals surface area contributed by atoms with Crippen LogP contribution in [-0.2, 0) is 0 Å². The van der Waals surface area contributed by atoms with E-state index in [1.165, 1.54) is 16.7 Å². The third kappa shape index (κ3) is 1.68. The number of fused-ring (bicyclic) bond motifs is 3. The molecular weight excluding hydrogens is 226 g/mol. The Morgan fingerprint density at radius 3 is 2.50 bits per heavy atom. The van der Waals surface area contributed by atoms with Crippen LogP contribution in [0.1, 0.15) is 5.56 Å². The minimum atomic E-state index is 0.667. The zero-order valence-electron chi connectivity index (χ0n) is 8.64. The Bertz CT molecular complexity index is 534.